The summed E-state index contributed by atoms with van der Waals surface area (Å²) < 4.78 is 0. The number of carbonyl (C=O) groups is 1. The number of carbonyl (C=O) groups excluding carboxylic acids is 1. The Balaban J connectivity index is 1.81. The number of hydrogen-bond acceptors (Lipinski definition) is 3. The summed E-state index contributed by atoms with van der Waals surface area (Å²) >= 11 is 12.0. The lowest BCUT2D eigenvalue weighted by Crippen LogP contribution is -2.21. The summed E-state index contributed by atoms with van der Waals surface area (Å²) in [6.45, 7) is 0.771. The SMILES string of the molecule is CN(C)C(=O)c1ccc(NCCCc2ccc(Cl)cc2Cl)nc1. The fourth-order valence-electron chi connectivity index (χ4n) is 2.10. The van der Waals surface area contributed by atoms with Crippen LogP contribution in [0.1, 0.15) is 22.3 Å². The standard InChI is InChI=1S/C17H19Cl2N3O/c1-22(2)17(23)13-6-8-16(21-11-13)20-9-3-4-12-5-7-14(18)10-15(12)19/h5-8,10-11H,3-4,9H2,1-2H3,(H,20,21). The largest absolute Gasteiger partial charge is 0.370 e. The molecule has 4 nitrogen and oxygen atoms in total. The van der Waals surface area contributed by atoms with E-state index in [2.05, 4.69) is 10.3 Å². The number of rotatable bonds is 6. The van der Waals surface area contributed by atoms with Gasteiger partial charge in [-0.25, -0.2) is 4.98 Å². The summed E-state index contributed by atoms with van der Waals surface area (Å²) in [5.74, 6) is 0.698. The van der Waals surface area contributed by atoms with Gasteiger partial charge in [0.2, 0.25) is 0 Å². The maximum Gasteiger partial charge on any atom is 0.254 e. The highest BCUT2D eigenvalue weighted by Crippen LogP contribution is 2.22. The first-order valence-corrected chi connectivity index (χ1v) is 8.08. The van der Waals surface area contributed by atoms with Crippen molar-refractivity contribution in [2.45, 2.75) is 12.8 Å². The monoisotopic (exact) mass is 351 g/mol. The number of anilines is 1. The molecule has 23 heavy (non-hydrogen) atoms. The van der Waals surface area contributed by atoms with Gasteiger partial charge in [0, 0.05) is 36.9 Å². The average molecular weight is 352 g/mol. The van der Waals surface area contributed by atoms with Gasteiger partial charge in [0.25, 0.3) is 5.91 Å². The molecule has 0 unspecified atom stereocenters. The van der Waals surface area contributed by atoms with Crippen LogP contribution in [0.4, 0.5) is 5.82 Å². The lowest BCUT2D eigenvalue weighted by atomic mass is 10.1. The molecule has 1 aromatic carbocycles. The topological polar surface area (TPSA) is 45.2 Å². The van der Waals surface area contributed by atoms with Gasteiger partial charge < -0.3 is 10.2 Å². The zero-order valence-electron chi connectivity index (χ0n) is 13.1. The van der Waals surface area contributed by atoms with Gasteiger partial charge in [0.1, 0.15) is 5.82 Å². The molecule has 0 saturated carbocycles. The van der Waals surface area contributed by atoms with Gasteiger partial charge in [-0.05, 0) is 42.7 Å². The highest BCUT2D eigenvalue weighted by molar-refractivity contribution is 6.35. The first-order valence-electron chi connectivity index (χ1n) is 7.33. The van der Waals surface area contributed by atoms with Crippen LogP contribution in [-0.2, 0) is 6.42 Å². The molecule has 1 aromatic heterocycles. The molecule has 0 bridgehead atoms. The number of amides is 1. The summed E-state index contributed by atoms with van der Waals surface area (Å²) in [6.07, 6.45) is 3.36. The number of hydrogen-bond donors (Lipinski definition) is 1. The minimum atomic E-state index is -0.0542. The summed E-state index contributed by atoms with van der Waals surface area (Å²) in [5, 5.41) is 4.58. The Kier molecular flexibility index (Phi) is 6.25. The molecule has 0 saturated heterocycles. The van der Waals surface area contributed by atoms with Gasteiger partial charge in [0.05, 0.1) is 5.56 Å². The molecule has 0 aliphatic heterocycles. The second kappa shape index (κ2) is 8.18. The van der Waals surface area contributed by atoms with Crippen molar-refractivity contribution in [2.75, 3.05) is 26.0 Å². The third-order valence-corrected chi connectivity index (χ3v) is 3.95. The van der Waals surface area contributed by atoms with Gasteiger partial charge in [-0.1, -0.05) is 29.3 Å². The predicted octanol–water partition coefficient (Wildman–Crippen LogP) is 4.13. The molecule has 1 N–H and O–H groups in total. The fourth-order valence-corrected chi connectivity index (χ4v) is 2.61. The van der Waals surface area contributed by atoms with Crippen LogP contribution in [-0.4, -0.2) is 36.4 Å². The van der Waals surface area contributed by atoms with Gasteiger partial charge in [-0.3, -0.25) is 4.79 Å². The lowest BCUT2D eigenvalue weighted by Gasteiger charge is -2.11. The average Bonchev–Trinajstić information content (AvgIpc) is 2.53. The Labute approximate surface area is 146 Å². The van der Waals surface area contributed by atoms with Crippen LogP contribution in [0.15, 0.2) is 36.5 Å². The van der Waals surface area contributed by atoms with Crippen molar-refractivity contribution in [1.29, 1.82) is 0 Å². The number of benzene rings is 1. The Morgan fingerprint density at radius 2 is 2.00 bits per heavy atom. The molecule has 122 valence electrons. The molecule has 0 atom stereocenters. The van der Waals surface area contributed by atoms with Crippen molar-refractivity contribution < 1.29 is 4.79 Å². The van der Waals surface area contributed by atoms with E-state index in [9.17, 15) is 4.79 Å². The van der Waals surface area contributed by atoms with E-state index in [4.69, 9.17) is 23.2 Å². The van der Waals surface area contributed by atoms with E-state index in [0.29, 0.717) is 15.6 Å². The number of halogens is 2. The minimum Gasteiger partial charge on any atom is -0.370 e. The zero-order chi connectivity index (χ0) is 16.8. The van der Waals surface area contributed by atoms with Gasteiger partial charge in [-0.15, -0.1) is 0 Å². The molecule has 2 aromatic rings. The van der Waals surface area contributed by atoms with Crippen molar-refractivity contribution in [1.82, 2.24) is 9.88 Å². The highest BCUT2D eigenvalue weighted by Gasteiger charge is 2.07. The second-order valence-corrected chi connectivity index (χ2v) is 6.24. The van der Waals surface area contributed by atoms with E-state index >= 15 is 0 Å². The van der Waals surface area contributed by atoms with Gasteiger partial charge in [0.15, 0.2) is 0 Å². The zero-order valence-corrected chi connectivity index (χ0v) is 14.7. The van der Waals surface area contributed by atoms with Crippen LogP contribution in [0, 0.1) is 0 Å². The summed E-state index contributed by atoms with van der Waals surface area (Å²) in [5.41, 5.74) is 1.66. The lowest BCUT2D eigenvalue weighted by molar-refractivity contribution is 0.0827. The van der Waals surface area contributed by atoms with E-state index in [1.54, 1.807) is 32.4 Å². The Hall–Kier alpha value is -1.78. The smallest absolute Gasteiger partial charge is 0.254 e. The molecule has 0 aliphatic carbocycles. The number of pyridine rings is 1. The number of aromatic nitrogens is 1. The molecule has 0 aliphatic rings. The molecule has 1 amide bonds. The van der Waals surface area contributed by atoms with E-state index in [1.165, 1.54) is 4.90 Å². The molecule has 0 fully saturated rings. The van der Waals surface area contributed by atoms with Crippen LogP contribution < -0.4 is 5.32 Å². The normalized spacial score (nSPS) is 10.4. The Bertz CT molecular complexity index is 672. The van der Waals surface area contributed by atoms with Crippen LogP contribution in [0.2, 0.25) is 10.0 Å². The first kappa shape index (κ1) is 17.6. The van der Waals surface area contributed by atoms with Crippen LogP contribution in [0.3, 0.4) is 0 Å². The van der Waals surface area contributed by atoms with E-state index in [-0.39, 0.29) is 5.91 Å². The van der Waals surface area contributed by atoms with Gasteiger partial charge >= 0.3 is 0 Å². The summed E-state index contributed by atoms with van der Waals surface area (Å²) in [4.78, 5) is 17.6. The Morgan fingerprint density at radius 3 is 2.61 bits per heavy atom. The summed E-state index contributed by atoms with van der Waals surface area (Å²) in [7, 11) is 3.44. The third-order valence-electron chi connectivity index (χ3n) is 3.36. The van der Waals surface area contributed by atoms with Crippen molar-refractivity contribution >= 4 is 34.9 Å². The van der Waals surface area contributed by atoms with Crippen LogP contribution >= 0.6 is 23.2 Å². The third kappa shape index (κ3) is 5.12. The van der Waals surface area contributed by atoms with Crippen molar-refractivity contribution in [3.8, 4) is 0 Å². The molecule has 1 heterocycles. The maximum atomic E-state index is 11.8. The molecule has 0 spiro atoms. The molecule has 2 rings (SSSR count). The predicted molar refractivity (Wildman–Crippen MR) is 95.5 cm³/mol. The van der Waals surface area contributed by atoms with Gasteiger partial charge in [-0.2, -0.15) is 0 Å². The van der Waals surface area contributed by atoms with Crippen molar-refractivity contribution in [3.63, 3.8) is 0 Å². The number of nitrogens with zero attached hydrogens (tertiary/aromatic N) is 2. The molecule has 6 heteroatoms. The highest BCUT2D eigenvalue weighted by atomic mass is 35.5. The molecule has 0 radical (unpaired) electrons. The second-order valence-electron chi connectivity index (χ2n) is 5.40. The fraction of sp³-hybridized carbons (Fsp3) is 0.294. The van der Waals surface area contributed by atoms with E-state index in [1.807, 2.05) is 18.2 Å². The molecular weight excluding hydrogens is 333 g/mol. The Morgan fingerprint density at radius 1 is 1.22 bits per heavy atom. The first-order chi connectivity index (χ1) is 11.0. The number of nitrogens with one attached hydrogen (secondary N) is 1. The molecular formula is C17H19Cl2N3O. The van der Waals surface area contributed by atoms with E-state index in [0.717, 1.165) is 30.8 Å². The quantitative estimate of drug-likeness (QED) is 0.795. The van der Waals surface area contributed by atoms with Crippen molar-refractivity contribution in [2.24, 2.45) is 0 Å². The summed E-state index contributed by atoms with van der Waals surface area (Å²) in [6, 6.07) is 9.14. The number of aryl methyl sites for hydroxylation is 1. The maximum absolute atomic E-state index is 11.8. The van der Waals surface area contributed by atoms with E-state index < -0.39 is 0 Å². The van der Waals surface area contributed by atoms with Crippen LogP contribution in [0.5, 0.6) is 0 Å². The minimum absolute atomic E-state index is 0.0542. The van der Waals surface area contributed by atoms with Crippen molar-refractivity contribution in [3.05, 3.63) is 57.7 Å². The van der Waals surface area contributed by atoms with Crippen LogP contribution in [0.25, 0.3) is 0 Å².